The Bertz CT molecular complexity index is 4950. The lowest BCUT2D eigenvalue weighted by atomic mass is 9.83. The van der Waals surface area contributed by atoms with Crippen molar-refractivity contribution in [1.82, 2.24) is 56.8 Å². The number of fused-ring (bicyclic) bond motifs is 4. The fraction of sp³-hybridized carbons (Fsp3) is 0.593. The Hall–Kier alpha value is -10.9. The number of hydrogen-bond acceptors (Lipinski definition) is 32. The number of alkyl carbamates (subject to hydrolysis) is 6. The number of benzene rings is 4. The van der Waals surface area contributed by atoms with Gasteiger partial charge in [-0.25, -0.2) is 43.0 Å². The number of carbonyl (C=O) groups excluding carboxylic acids is 9. The van der Waals surface area contributed by atoms with E-state index < -0.39 is 255 Å². The van der Waals surface area contributed by atoms with Crippen LogP contribution in [0.4, 0.5) is 33.6 Å². The summed E-state index contributed by atoms with van der Waals surface area (Å²) in [6.07, 6.45) is -34.2. The number of aliphatic hydroxyl groups is 6. The molecule has 41 heteroatoms. The van der Waals surface area contributed by atoms with E-state index in [1.807, 2.05) is 48.5 Å². The summed E-state index contributed by atoms with van der Waals surface area (Å²) in [5, 5.41) is 101. The highest BCUT2D eigenvalue weighted by Crippen LogP contribution is 2.45. The number of carbonyl (C=O) groups is 9. The molecule has 11 rings (SSSR count). The zero-order valence-corrected chi connectivity index (χ0v) is 77.3. The van der Waals surface area contributed by atoms with Crippen molar-refractivity contribution >= 4 is 65.4 Å². The number of nitrogens with one attached hydrogen (secondary N) is 7. The van der Waals surface area contributed by atoms with Crippen molar-refractivity contribution in [2.45, 2.75) is 325 Å². The molecule has 0 radical (unpaired) electrons. The van der Waals surface area contributed by atoms with Gasteiger partial charge in [-0.3, -0.25) is 9.36 Å². The van der Waals surface area contributed by atoms with E-state index in [4.69, 9.17) is 72.0 Å². The first kappa shape index (κ1) is 102. The molecule has 2 aromatic heterocycles. The Balaban J connectivity index is 0.981. The maximum Gasteiger partial charge on any atom is 0.419 e. The van der Waals surface area contributed by atoms with Gasteiger partial charge in [0.1, 0.15) is 138 Å². The number of para-hydroxylation sites is 1. The van der Waals surface area contributed by atoms with Gasteiger partial charge in [0.25, 0.3) is 0 Å². The minimum absolute atomic E-state index is 0.0581. The summed E-state index contributed by atoms with van der Waals surface area (Å²) in [6.45, 7) is 26.6. The molecule has 0 bridgehead atoms. The van der Waals surface area contributed by atoms with Gasteiger partial charge in [-0.05, 0) is 170 Å². The van der Waals surface area contributed by atoms with Crippen LogP contribution in [-0.4, -0.2) is 286 Å². The first-order valence-electron chi connectivity index (χ1n) is 43.7. The van der Waals surface area contributed by atoms with Crippen molar-refractivity contribution < 1.29 is 140 Å². The first-order valence-corrected chi connectivity index (χ1v) is 43.7. The molecule has 5 heterocycles. The summed E-state index contributed by atoms with van der Waals surface area (Å²) >= 11 is 0. The molecule has 1 saturated carbocycles. The molecule has 41 nitrogen and oxygen atoms in total. The normalized spacial score (nSPS) is 26.2. The van der Waals surface area contributed by atoms with Crippen molar-refractivity contribution in [2.24, 2.45) is 5.73 Å². The molecule has 4 fully saturated rings. The quantitative estimate of drug-likeness (QED) is 0.0211. The molecule has 132 heavy (non-hydrogen) atoms. The number of ether oxygens (including phenoxy) is 14. The van der Waals surface area contributed by atoms with Crippen molar-refractivity contribution in [3.63, 3.8) is 0 Å². The minimum Gasteiger partial charge on any atom is -0.459 e. The highest BCUT2D eigenvalue weighted by molar-refractivity contribution is 5.94. The largest absolute Gasteiger partial charge is 0.459 e. The summed E-state index contributed by atoms with van der Waals surface area (Å²) in [5.74, 6) is -2.37. The zero-order valence-electron chi connectivity index (χ0n) is 77.3. The average Bonchev–Trinajstić information content (AvgIpc) is 1.47. The van der Waals surface area contributed by atoms with E-state index in [0.29, 0.717) is 22.0 Å². The van der Waals surface area contributed by atoms with Crippen LogP contribution in [-0.2, 0) is 102 Å². The predicted molar refractivity (Wildman–Crippen MR) is 468 cm³/mol. The first-order chi connectivity index (χ1) is 61.7. The molecule has 6 aromatic rings. The predicted octanol–water partition coefficient (Wildman–Crippen LogP) is 5.89. The second-order valence-corrected chi connectivity index (χ2v) is 39.2. The molecular weight excluding hydrogens is 1730 g/mol. The molecule has 3 saturated heterocycles. The van der Waals surface area contributed by atoms with Crippen LogP contribution in [0.25, 0.3) is 22.0 Å². The Labute approximate surface area is 764 Å². The fourth-order valence-electron chi connectivity index (χ4n) is 15.7. The van der Waals surface area contributed by atoms with Gasteiger partial charge in [0.2, 0.25) is 5.91 Å². The molecule has 2 aliphatic carbocycles. The number of aliphatic hydroxyl groups excluding tert-OH is 6. The van der Waals surface area contributed by atoms with Crippen molar-refractivity contribution in [3.8, 4) is 11.1 Å². The van der Waals surface area contributed by atoms with Crippen LogP contribution < -0.4 is 43.0 Å². The topological polar surface area (TPSA) is 550 Å². The maximum atomic E-state index is 15.6. The van der Waals surface area contributed by atoms with Crippen LogP contribution in [0.3, 0.4) is 0 Å². The van der Waals surface area contributed by atoms with Gasteiger partial charge in [0, 0.05) is 49.6 Å². The Kier molecular flexibility index (Phi) is 32.4. The lowest BCUT2D eigenvalue weighted by Crippen LogP contribution is -2.70. The number of rotatable bonds is 27. The fourth-order valence-corrected chi connectivity index (χ4v) is 15.7. The Morgan fingerprint density at radius 2 is 0.962 bits per heavy atom. The molecule has 7 amide bonds. The van der Waals surface area contributed by atoms with Crippen molar-refractivity contribution in [1.29, 1.82) is 0 Å². The van der Waals surface area contributed by atoms with Gasteiger partial charge in [0.05, 0.1) is 35.9 Å². The molecule has 15 N–H and O–H groups in total. The molecule has 5 aliphatic rings. The number of aromatic nitrogens is 4. The van der Waals surface area contributed by atoms with Crippen molar-refractivity contribution in [3.05, 3.63) is 143 Å². The van der Waals surface area contributed by atoms with Crippen LogP contribution in [0.2, 0.25) is 0 Å². The highest BCUT2D eigenvalue weighted by atomic mass is 16.8. The van der Waals surface area contributed by atoms with Crippen LogP contribution in [0.5, 0.6) is 0 Å². The van der Waals surface area contributed by atoms with Gasteiger partial charge in [-0.2, -0.15) is 0 Å². The number of nitrogens with two attached hydrogens (primary N) is 1. The van der Waals surface area contributed by atoms with E-state index in [1.165, 1.54) is 17.0 Å². The van der Waals surface area contributed by atoms with E-state index in [1.54, 1.807) is 179 Å². The van der Waals surface area contributed by atoms with Gasteiger partial charge in [-0.15, -0.1) is 5.10 Å². The Morgan fingerprint density at radius 3 is 1.54 bits per heavy atom. The number of hydrogen-bond donors (Lipinski definition) is 14. The number of amides is 7. The molecule has 0 spiro atoms. The van der Waals surface area contributed by atoms with E-state index in [0.717, 1.165) is 26.9 Å². The van der Waals surface area contributed by atoms with Crippen LogP contribution in [0.1, 0.15) is 165 Å². The second kappa shape index (κ2) is 42.1. The standard InChI is InChI=1S/C91H126N12O29/c1-86(2,3)127-79(112)93-39-60-66(105)68(107)63(92)76(121-60)124-71-56(97-83(116)130-89(10,11)12)38-55(96-82(115)129-88(7,8)9)65(104)73(71)126-78-70(109)72(125-77-64(99-84(117)131-90(13,14)15)69(108)67(106)61(122-77)40-94-80(113)128-87(4,5)6)62(123-78)43-102-42-48(100-101-102)37-57(98-81(114)120-45-54-52-33-24-22-31-50(52)51-32-23-25-34-53(51)54)74(110)95-58(75(111)119-44-46-28-20-19-21-29-46)36-47-41-103(85(118)132-91(16,17)18)59-35-27-26-30-49(47)59/h19-35,41-42,54-58,60-73,76-78,104-109H,36-40,43-45,92H2,1-18H3,(H,93,112)(H,94,113)(H,95,110)(H,96,115)(H,97,116)(H,98,114)(H,99,117)/t55-,56+,57?,58?,60-,61+,62-,63-,64-,65+,66-,67-,68-,69-,70-,71-,72-,73-,76-,77-,78+/m1/s1. The summed E-state index contributed by atoms with van der Waals surface area (Å²) < 4.78 is 87.6. The van der Waals surface area contributed by atoms with E-state index in [-0.39, 0.29) is 25.3 Å². The molecular formula is C91H126N12O29. The van der Waals surface area contributed by atoms with E-state index in [9.17, 15) is 69.0 Å². The van der Waals surface area contributed by atoms with E-state index >= 15 is 4.79 Å². The third-order valence-electron chi connectivity index (χ3n) is 21.3. The highest BCUT2D eigenvalue weighted by Gasteiger charge is 2.58. The monoisotopic (exact) mass is 1850 g/mol. The lowest BCUT2D eigenvalue weighted by Gasteiger charge is -2.48. The zero-order chi connectivity index (χ0) is 96.6. The second-order valence-electron chi connectivity index (χ2n) is 39.2. The molecule has 3 aliphatic heterocycles. The SMILES string of the molecule is CC(C)(C)OC(=O)NC[C@@H]1O[C@H](O[C@H]2[C@@H](O)[C@H](O[C@@H]3[C@@H](O)[C@H](NC(=O)OC(C)(C)C)C[C@H](NC(=O)OC(C)(C)C)[C@H]3O[C@H]3O[C@H](CNC(=O)OC(C)(C)C)[C@@H](O)[C@H](O)[C@H]3N)O[C@@H]2Cn2cc(CC(NC(=O)OCC3c4ccccc4-c4ccccc43)C(=O)NC(Cc3cn(C(=O)OC(C)(C)C)c4ccccc34)C(=O)OCc3ccccc3)nn2)[C@H](NC(=O)OC(C)(C)C)[C@@H](O)[C@@H]1O. The third-order valence-corrected chi connectivity index (χ3v) is 21.3. The summed E-state index contributed by atoms with van der Waals surface area (Å²) in [5.41, 5.74) is 5.15. The van der Waals surface area contributed by atoms with Crippen LogP contribution in [0, 0.1) is 0 Å². The third kappa shape index (κ3) is 27.6. The summed E-state index contributed by atoms with van der Waals surface area (Å²) in [7, 11) is 0. The van der Waals surface area contributed by atoms with Gasteiger partial charge in [0.15, 0.2) is 18.9 Å². The Morgan fingerprint density at radius 1 is 0.470 bits per heavy atom. The molecule has 4 aromatic carbocycles. The molecule has 21 atom stereocenters. The van der Waals surface area contributed by atoms with Gasteiger partial charge >= 0.3 is 48.6 Å². The van der Waals surface area contributed by atoms with Crippen LogP contribution in [0.15, 0.2) is 116 Å². The lowest BCUT2D eigenvalue weighted by molar-refractivity contribution is -0.308. The summed E-state index contributed by atoms with van der Waals surface area (Å²) in [6, 6.07) is 21.0. The number of nitrogens with zero attached hydrogens (tertiary/aromatic N) is 4. The van der Waals surface area contributed by atoms with E-state index in [2.05, 4.69) is 47.5 Å². The van der Waals surface area contributed by atoms with Crippen molar-refractivity contribution in [2.75, 3.05) is 19.7 Å². The molecule has 724 valence electrons. The van der Waals surface area contributed by atoms with Gasteiger partial charge in [-0.1, -0.05) is 102 Å². The van der Waals surface area contributed by atoms with Crippen LogP contribution >= 0.6 is 0 Å². The minimum atomic E-state index is -2.21. The van der Waals surface area contributed by atoms with Gasteiger partial charge < -0.3 is 140 Å². The smallest absolute Gasteiger partial charge is 0.419 e. The average molecular weight is 1850 g/mol. The maximum absolute atomic E-state index is 15.6. The molecule has 2 unspecified atom stereocenters. The summed E-state index contributed by atoms with van der Waals surface area (Å²) in [4.78, 5) is 127. The number of esters is 1.